The van der Waals surface area contributed by atoms with Crippen LogP contribution in [0.4, 0.5) is 25.8 Å². The number of para-hydroxylation sites is 1. The maximum absolute atomic E-state index is 13.7. The number of benzene rings is 4. The quantitative estimate of drug-likeness (QED) is 0.318. The Morgan fingerprint density at radius 3 is 2.22 bits per heavy atom. The fourth-order valence-corrected chi connectivity index (χ4v) is 4.29. The molecule has 37 heavy (non-hydrogen) atoms. The molecule has 0 bridgehead atoms. The Kier molecular flexibility index (Phi) is 6.79. The number of hydrogen-bond donors (Lipinski definition) is 1. The molecule has 0 saturated carbocycles. The first-order valence-electron chi connectivity index (χ1n) is 11.4. The van der Waals surface area contributed by atoms with Gasteiger partial charge in [-0.2, -0.15) is 0 Å². The lowest BCUT2D eigenvalue weighted by Gasteiger charge is -2.24. The van der Waals surface area contributed by atoms with E-state index in [1.54, 1.807) is 54.6 Å². The Morgan fingerprint density at radius 2 is 1.51 bits per heavy atom. The average Bonchev–Trinajstić information content (AvgIpc) is 3.07. The number of halogens is 3. The van der Waals surface area contributed by atoms with Crippen LogP contribution in [0.3, 0.4) is 0 Å². The smallest absolute Gasteiger partial charge is 0.251 e. The lowest BCUT2D eigenvalue weighted by Crippen LogP contribution is -2.28. The van der Waals surface area contributed by atoms with Gasteiger partial charge in [0.2, 0.25) is 5.91 Å². The number of hydrogen-bond acceptors (Lipinski definition) is 3. The maximum Gasteiger partial charge on any atom is 0.251 e. The van der Waals surface area contributed by atoms with Crippen molar-refractivity contribution in [3.05, 3.63) is 125 Å². The van der Waals surface area contributed by atoms with Gasteiger partial charge in [-0.25, -0.2) is 13.8 Å². The third kappa shape index (κ3) is 4.99. The summed E-state index contributed by atoms with van der Waals surface area (Å²) in [6, 6.07) is 23.9. The molecule has 5 rings (SSSR count). The highest BCUT2D eigenvalue weighted by Gasteiger charge is 2.28. The fraction of sp³-hybridized carbons (Fsp3) is 0.0690. The Hall–Kier alpha value is -4.36. The second kappa shape index (κ2) is 10.3. The number of carbonyl (C=O) groups excluding carboxylic acids is 2. The Balaban J connectivity index is 1.59. The van der Waals surface area contributed by atoms with Gasteiger partial charge < -0.3 is 5.32 Å². The zero-order chi connectivity index (χ0) is 25.9. The number of rotatable bonds is 5. The van der Waals surface area contributed by atoms with E-state index in [1.165, 1.54) is 29.2 Å². The van der Waals surface area contributed by atoms with E-state index < -0.39 is 0 Å². The van der Waals surface area contributed by atoms with Crippen LogP contribution in [0.15, 0.2) is 96.0 Å². The number of amides is 2. The average molecular weight is 516 g/mol. The van der Waals surface area contributed by atoms with Crippen LogP contribution in [-0.4, -0.2) is 23.4 Å². The number of nitrogens with one attached hydrogen (secondary N) is 1. The summed E-state index contributed by atoms with van der Waals surface area (Å²) in [4.78, 5) is 32.3. The second-order valence-electron chi connectivity index (χ2n) is 8.36. The van der Waals surface area contributed by atoms with Crippen LogP contribution in [-0.2, 0) is 11.3 Å². The van der Waals surface area contributed by atoms with E-state index in [9.17, 15) is 18.4 Å². The number of anilines is 2. The highest BCUT2D eigenvalue weighted by molar-refractivity contribution is 6.32. The van der Waals surface area contributed by atoms with Crippen LogP contribution in [0, 0.1) is 11.6 Å². The van der Waals surface area contributed by atoms with E-state index in [2.05, 4.69) is 5.32 Å². The fourth-order valence-electron chi connectivity index (χ4n) is 4.17. The summed E-state index contributed by atoms with van der Waals surface area (Å²) in [6.07, 6.45) is 0. The summed E-state index contributed by atoms with van der Waals surface area (Å²) in [5.74, 6) is -1.72. The monoisotopic (exact) mass is 515 g/mol. The van der Waals surface area contributed by atoms with Crippen LogP contribution in [0.5, 0.6) is 0 Å². The Morgan fingerprint density at radius 1 is 0.838 bits per heavy atom. The van der Waals surface area contributed by atoms with Gasteiger partial charge in [-0.15, -0.1) is 11.6 Å². The maximum atomic E-state index is 13.7. The van der Waals surface area contributed by atoms with Gasteiger partial charge in [-0.1, -0.05) is 30.3 Å². The summed E-state index contributed by atoms with van der Waals surface area (Å²) in [6.45, 7) is 0.211. The number of fused-ring (bicyclic) bond motifs is 2. The van der Waals surface area contributed by atoms with Crippen molar-refractivity contribution < 1.29 is 18.4 Å². The second-order valence-corrected chi connectivity index (χ2v) is 8.63. The van der Waals surface area contributed by atoms with E-state index in [-0.39, 0.29) is 35.9 Å². The molecular formula is C29H20ClF2N3O2. The molecule has 0 aromatic heterocycles. The molecule has 0 fully saturated rings. The summed E-state index contributed by atoms with van der Waals surface area (Å²) in [5, 5.41) is 2.82. The molecule has 0 saturated heterocycles. The predicted molar refractivity (Wildman–Crippen MR) is 140 cm³/mol. The molecule has 1 aliphatic rings. The van der Waals surface area contributed by atoms with Gasteiger partial charge >= 0.3 is 0 Å². The van der Waals surface area contributed by atoms with Crippen LogP contribution in [0.25, 0.3) is 0 Å². The number of carbonyl (C=O) groups is 2. The van der Waals surface area contributed by atoms with Crippen LogP contribution in [0.2, 0.25) is 0 Å². The van der Waals surface area contributed by atoms with Gasteiger partial charge in [-0.05, 0) is 66.2 Å². The molecule has 0 spiro atoms. The Bertz CT molecular complexity index is 1520. The van der Waals surface area contributed by atoms with Crippen molar-refractivity contribution in [1.82, 2.24) is 5.32 Å². The van der Waals surface area contributed by atoms with Gasteiger partial charge in [0.05, 0.1) is 22.8 Å². The lowest BCUT2D eigenvalue weighted by molar-refractivity contribution is -0.115. The molecule has 5 nitrogen and oxygen atoms in total. The molecule has 0 radical (unpaired) electrons. The van der Waals surface area contributed by atoms with Crippen molar-refractivity contribution in [3.63, 3.8) is 0 Å². The number of alkyl halides is 1. The molecule has 1 aliphatic heterocycles. The highest BCUT2D eigenvalue weighted by Crippen LogP contribution is 2.41. The van der Waals surface area contributed by atoms with Gasteiger partial charge in [0.15, 0.2) is 0 Å². The largest absolute Gasteiger partial charge is 0.348 e. The third-order valence-corrected chi connectivity index (χ3v) is 6.19. The molecule has 4 aromatic rings. The van der Waals surface area contributed by atoms with E-state index in [4.69, 9.17) is 16.6 Å². The number of aliphatic imine (C=N–C) groups is 1. The van der Waals surface area contributed by atoms with Crippen molar-refractivity contribution in [2.75, 3.05) is 10.8 Å². The molecular weight excluding hydrogens is 496 g/mol. The van der Waals surface area contributed by atoms with Crippen LogP contribution in [0.1, 0.15) is 27.0 Å². The molecule has 2 amide bonds. The standard InChI is InChI=1S/C29H20ClF2N3O2/c30-16-27(36)35-25-4-2-1-3-23(25)28(19-7-12-22(32)13-8-19)34-24-15-20(9-14-26(24)35)29(37)33-17-18-5-10-21(31)11-6-18/h1-15H,16-17H2,(H,33,37). The van der Waals surface area contributed by atoms with Gasteiger partial charge in [0.25, 0.3) is 5.91 Å². The van der Waals surface area contributed by atoms with Crippen LogP contribution < -0.4 is 10.2 Å². The topological polar surface area (TPSA) is 61.8 Å². The minimum Gasteiger partial charge on any atom is -0.348 e. The predicted octanol–water partition coefficient (Wildman–Crippen LogP) is 6.28. The zero-order valence-corrected chi connectivity index (χ0v) is 20.2. The molecule has 1 heterocycles. The molecule has 0 atom stereocenters. The molecule has 8 heteroatoms. The first kappa shape index (κ1) is 24.3. The van der Waals surface area contributed by atoms with Crippen molar-refractivity contribution in [3.8, 4) is 0 Å². The van der Waals surface area contributed by atoms with E-state index in [0.717, 1.165) is 5.56 Å². The van der Waals surface area contributed by atoms with Crippen LogP contribution >= 0.6 is 11.6 Å². The molecule has 184 valence electrons. The normalized spacial score (nSPS) is 12.2. The zero-order valence-electron chi connectivity index (χ0n) is 19.4. The summed E-state index contributed by atoms with van der Waals surface area (Å²) < 4.78 is 26.8. The SMILES string of the molecule is O=C(NCc1ccc(F)cc1)c1ccc2c(c1)N=C(c1ccc(F)cc1)c1ccccc1N2C(=O)CCl. The van der Waals surface area contributed by atoms with Crippen molar-refractivity contribution in [2.24, 2.45) is 4.99 Å². The van der Waals surface area contributed by atoms with Crippen molar-refractivity contribution in [1.29, 1.82) is 0 Å². The number of nitrogens with zero attached hydrogens (tertiary/aromatic N) is 2. The van der Waals surface area contributed by atoms with Crippen molar-refractivity contribution >= 4 is 46.2 Å². The van der Waals surface area contributed by atoms with Crippen molar-refractivity contribution in [2.45, 2.75) is 6.54 Å². The first-order chi connectivity index (χ1) is 17.9. The Labute approximate surface area is 217 Å². The minimum absolute atomic E-state index is 0.211. The summed E-state index contributed by atoms with van der Waals surface area (Å²) in [5.41, 5.74) is 4.31. The third-order valence-electron chi connectivity index (χ3n) is 5.96. The van der Waals surface area contributed by atoms with E-state index >= 15 is 0 Å². The lowest BCUT2D eigenvalue weighted by atomic mass is 10.00. The van der Waals surface area contributed by atoms with E-state index in [1.807, 2.05) is 12.1 Å². The van der Waals surface area contributed by atoms with Gasteiger partial charge in [0.1, 0.15) is 17.5 Å². The minimum atomic E-state index is -0.384. The van der Waals surface area contributed by atoms with Gasteiger partial charge in [0, 0.05) is 23.2 Å². The van der Waals surface area contributed by atoms with Gasteiger partial charge in [-0.3, -0.25) is 14.5 Å². The summed E-state index contributed by atoms with van der Waals surface area (Å²) >= 11 is 5.98. The molecule has 0 aliphatic carbocycles. The first-order valence-corrected chi connectivity index (χ1v) is 12.0. The molecule has 0 unspecified atom stereocenters. The molecule has 4 aromatic carbocycles. The highest BCUT2D eigenvalue weighted by atomic mass is 35.5. The summed E-state index contributed by atoms with van der Waals surface area (Å²) in [7, 11) is 0. The molecule has 1 N–H and O–H groups in total. The van der Waals surface area contributed by atoms with E-state index in [0.29, 0.717) is 39.5 Å².